The highest BCUT2D eigenvalue weighted by molar-refractivity contribution is 5.99. The maximum Gasteiger partial charge on any atom is 0.253 e. The molecule has 0 bridgehead atoms. The Labute approximate surface area is 103 Å². The van der Waals surface area contributed by atoms with E-state index in [1.807, 2.05) is 19.1 Å². The molecule has 1 aromatic carbocycles. The van der Waals surface area contributed by atoms with Crippen LogP contribution >= 0.6 is 0 Å². The number of nitrogens with two attached hydrogens (primary N) is 1. The lowest BCUT2D eigenvalue weighted by molar-refractivity contribution is 0.0940. The summed E-state index contributed by atoms with van der Waals surface area (Å²) >= 11 is 0. The largest absolute Gasteiger partial charge is 0.351 e. The van der Waals surface area contributed by atoms with E-state index in [9.17, 15) is 4.79 Å². The molecule has 0 heterocycles. The normalized spacial score (nSPS) is 11.1. The first kappa shape index (κ1) is 13.5. The van der Waals surface area contributed by atoms with Crippen LogP contribution in [0.25, 0.3) is 0 Å². The van der Waals surface area contributed by atoms with Crippen molar-refractivity contribution in [3.05, 3.63) is 29.3 Å². The van der Waals surface area contributed by atoms with Crippen LogP contribution in [-0.4, -0.2) is 12.5 Å². The Kier molecular flexibility index (Phi) is 4.12. The average molecular weight is 235 g/mol. The summed E-state index contributed by atoms with van der Waals surface area (Å²) in [5.74, 6) is 5.31. The molecule has 0 saturated heterocycles. The smallest absolute Gasteiger partial charge is 0.253 e. The second-order valence-electron chi connectivity index (χ2n) is 5.44. The molecular weight excluding hydrogens is 214 g/mol. The Morgan fingerprint density at radius 2 is 2.00 bits per heavy atom. The van der Waals surface area contributed by atoms with Crippen LogP contribution in [0.2, 0.25) is 0 Å². The summed E-state index contributed by atoms with van der Waals surface area (Å²) in [6.45, 7) is 8.81. The van der Waals surface area contributed by atoms with Crippen molar-refractivity contribution in [2.24, 2.45) is 11.3 Å². The third-order valence-corrected chi connectivity index (χ3v) is 2.35. The molecule has 0 aliphatic carbocycles. The Bertz CT molecular complexity index is 408. The SMILES string of the molecule is Cc1ccc(C(=O)NCC(C)(C)C)c(NN)c1. The van der Waals surface area contributed by atoms with Crippen molar-refractivity contribution in [2.45, 2.75) is 27.7 Å². The first-order valence-electron chi connectivity index (χ1n) is 5.69. The van der Waals surface area contributed by atoms with E-state index in [0.717, 1.165) is 5.56 Å². The second kappa shape index (κ2) is 5.19. The van der Waals surface area contributed by atoms with Crippen molar-refractivity contribution in [1.29, 1.82) is 0 Å². The Morgan fingerprint density at radius 3 is 2.53 bits per heavy atom. The van der Waals surface area contributed by atoms with E-state index >= 15 is 0 Å². The van der Waals surface area contributed by atoms with Gasteiger partial charge in [0.2, 0.25) is 0 Å². The van der Waals surface area contributed by atoms with Crippen LogP contribution in [0.4, 0.5) is 5.69 Å². The monoisotopic (exact) mass is 235 g/mol. The molecule has 0 aromatic heterocycles. The van der Waals surface area contributed by atoms with E-state index in [2.05, 4.69) is 31.5 Å². The molecule has 0 aliphatic rings. The molecule has 1 aromatic rings. The zero-order chi connectivity index (χ0) is 13.1. The number of nitrogen functional groups attached to an aromatic ring is 1. The van der Waals surface area contributed by atoms with E-state index in [4.69, 9.17) is 5.84 Å². The van der Waals surface area contributed by atoms with Crippen molar-refractivity contribution in [2.75, 3.05) is 12.0 Å². The maximum atomic E-state index is 12.0. The number of amides is 1. The lowest BCUT2D eigenvalue weighted by atomic mass is 9.97. The summed E-state index contributed by atoms with van der Waals surface area (Å²) in [4.78, 5) is 12.0. The fourth-order valence-corrected chi connectivity index (χ4v) is 1.42. The van der Waals surface area contributed by atoms with Crippen molar-refractivity contribution in [3.63, 3.8) is 0 Å². The van der Waals surface area contributed by atoms with Gasteiger partial charge in [-0.2, -0.15) is 0 Å². The summed E-state index contributed by atoms with van der Waals surface area (Å²) in [6, 6.07) is 5.53. The predicted molar refractivity (Wildman–Crippen MR) is 70.8 cm³/mol. The van der Waals surface area contributed by atoms with E-state index in [-0.39, 0.29) is 11.3 Å². The molecular formula is C13H21N3O. The van der Waals surface area contributed by atoms with Crippen LogP contribution in [0.5, 0.6) is 0 Å². The molecule has 0 aliphatic heterocycles. The Hall–Kier alpha value is -1.55. The molecule has 1 amide bonds. The number of benzene rings is 1. The number of aryl methyl sites for hydroxylation is 1. The quantitative estimate of drug-likeness (QED) is 0.555. The van der Waals surface area contributed by atoms with Gasteiger partial charge in [0.25, 0.3) is 5.91 Å². The first-order chi connectivity index (χ1) is 7.83. The number of rotatable bonds is 3. The topological polar surface area (TPSA) is 67.2 Å². The van der Waals surface area contributed by atoms with E-state index in [1.165, 1.54) is 0 Å². The van der Waals surface area contributed by atoms with Crippen LogP contribution in [0.3, 0.4) is 0 Å². The van der Waals surface area contributed by atoms with Gasteiger partial charge in [-0.25, -0.2) is 0 Å². The van der Waals surface area contributed by atoms with Gasteiger partial charge in [0.1, 0.15) is 0 Å². The zero-order valence-electron chi connectivity index (χ0n) is 10.9. The standard InChI is InChI=1S/C13H21N3O/c1-9-5-6-10(11(7-9)16-14)12(17)15-8-13(2,3)4/h5-7,16H,8,14H2,1-4H3,(H,15,17). The second-order valence-corrected chi connectivity index (χ2v) is 5.44. The minimum absolute atomic E-state index is 0.0661. The van der Waals surface area contributed by atoms with E-state index < -0.39 is 0 Å². The van der Waals surface area contributed by atoms with Gasteiger partial charge >= 0.3 is 0 Å². The number of hydrazine groups is 1. The maximum absolute atomic E-state index is 12.0. The number of carbonyl (C=O) groups excluding carboxylic acids is 1. The van der Waals surface area contributed by atoms with Gasteiger partial charge in [0.15, 0.2) is 0 Å². The summed E-state index contributed by atoms with van der Waals surface area (Å²) in [7, 11) is 0. The van der Waals surface area contributed by atoms with Crippen LogP contribution in [0.1, 0.15) is 36.7 Å². The number of nitrogens with one attached hydrogen (secondary N) is 2. The van der Waals surface area contributed by atoms with Crippen LogP contribution < -0.4 is 16.6 Å². The molecule has 0 atom stereocenters. The van der Waals surface area contributed by atoms with Gasteiger partial charge in [-0.1, -0.05) is 26.8 Å². The molecule has 4 heteroatoms. The Balaban J connectivity index is 2.82. The van der Waals surface area contributed by atoms with E-state index in [1.54, 1.807) is 6.07 Å². The summed E-state index contributed by atoms with van der Waals surface area (Å²) in [5.41, 5.74) is 4.90. The molecule has 94 valence electrons. The number of hydrogen-bond acceptors (Lipinski definition) is 3. The van der Waals surface area contributed by atoms with Crippen molar-refractivity contribution < 1.29 is 4.79 Å². The Morgan fingerprint density at radius 1 is 1.35 bits per heavy atom. The summed E-state index contributed by atoms with van der Waals surface area (Å²) in [5, 5.41) is 2.90. The van der Waals surface area contributed by atoms with Crippen LogP contribution in [0, 0.1) is 12.3 Å². The molecule has 0 radical (unpaired) electrons. The highest BCUT2D eigenvalue weighted by Crippen LogP contribution is 2.17. The highest BCUT2D eigenvalue weighted by Gasteiger charge is 2.15. The molecule has 0 unspecified atom stereocenters. The van der Waals surface area contributed by atoms with Gasteiger partial charge in [-0.3, -0.25) is 10.6 Å². The third kappa shape index (κ3) is 4.07. The third-order valence-electron chi connectivity index (χ3n) is 2.35. The van der Waals surface area contributed by atoms with Crippen molar-refractivity contribution >= 4 is 11.6 Å². The van der Waals surface area contributed by atoms with Crippen molar-refractivity contribution in [1.82, 2.24) is 5.32 Å². The molecule has 4 nitrogen and oxygen atoms in total. The molecule has 0 saturated carbocycles. The lowest BCUT2D eigenvalue weighted by Gasteiger charge is -2.19. The molecule has 4 N–H and O–H groups in total. The van der Waals surface area contributed by atoms with Gasteiger partial charge in [0.05, 0.1) is 11.3 Å². The molecule has 17 heavy (non-hydrogen) atoms. The summed E-state index contributed by atoms with van der Waals surface area (Å²) < 4.78 is 0. The number of hydrogen-bond donors (Lipinski definition) is 3. The molecule has 1 rings (SSSR count). The number of carbonyl (C=O) groups is 1. The fourth-order valence-electron chi connectivity index (χ4n) is 1.42. The number of anilines is 1. The minimum Gasteiger partial charge on any atom is -0.351 e. The molecule has 0 fully saturated rings. The van der Waals surface area contributed by atoms with Crippen LogP contribution in [0.15, 0.2) is 18.2 Å². The van der Waals surface area contributed by atoms with E-state index in [0.29, 0.717) is 17.8 Å². The van der Waals surface area contributed by atoms with Gasteiger partial charge in [-0.15, -0.1) is 0 Å². The van der Waals surface area contributed by atoms with Gasteiger partial charge < -0.3 is 10.7 Å². The average Bonchev–Trinajstić information content (AvgIpc) is 2.24. The summed E-state index contributed by atoms with van der Waals surface area (Å²) in [6.07, 6.45) is 0. The van der Waals surface area contributed by atoms with Crippen molar-refractivity contribution in [3.8, 4) is 0 Å². The first-order valence-corrected chi connectivity index (χ1v) is 5.69. The molecule has 0 spiro atoms. The zero-order valence-corrected chi connectivity index (χ0v) is 10.9. The van der Waals surface area contributed by atoms with Gasteiger partial charge in [-0.05, 0) is 30.0 Å². The highest BCUT2D eigenvalue weighted by atomic mass is 16.1. The predicted octanol–water partition coefficient (Wildman–Crippen LogP) is 2.06. The fraction of sp³-hybridized carbons (Fsp3) is 0.462. The lowest BCUT2D eigenvalue weighted by Crippen LogP contribution is -2.32. The van der Waals surface area contributed by atoms with Gasteiger partial charge in [0, 0.05) is 6.54 Å². The minimum atomic E-state index is -0.104. The van der Waals surface area contributed by atoms with Crippen LogP contribution in [-0.2, 0) is 0 Å².